The summed E-state index contributed by atoms with van der Waals surface area (Å²) in [6.45, 7) is 8.68. The number of aryl methyl sites for hydroxylation is 2. The second-order valence-corrected chi connectivity index (χ2v) is 11.6. The molecule has 4 rings (SSSR count). The van der Waals surface area contributed by atoms with E-state index in [9.17, 15) is 9.00 Å². The van der Waals surface area contributed by atoms with Crippen molar-refractivity contribution in [2.45, 2.75) is 50.8 Å². The number of rotatable bonds is 16. The Bertz CT molecular complexity index is 1540. The highest BCUT2D eigenvalue weighted by atomic mass is 32.2. The second kappa shape index (κ2) is 16.0. The van der Waals surface area contributed by atoms with Crippen molar-refractivity contribution in [3.8, 4) is 22.6 Å². The third-order valence-electron chi connectivity index (χ3n) is 7.04. The van der Waals surface area contributed by atoms with Crippen LogP contribution in [-0.4, -0.2) is 46.5 Å². The Morgan fingerprint density at radius 2 is 1.70 bits per heavy atom. The molecule has 0 saturated carbocycles. The summed E-state index contributed by atoms with van der Waals surface area (Å²) >= 11 is 0. The maximum Gasteiger partial charge on any atom is 0.160 e. The quantitative estimate of drug-likeness (QED) is 0.104. The van der Waals surface area contributed by atoms with Gasteiger partial charge in [-0.1, -0.05) is 37.3 Å². The topological polar surface area (TPSA) is 79.7 Å². The van der Waals surface area contributed by atoms with Crippen LogP contribution in [0.3, 0.4) is 0 Å². The van der Waals surface area contributed by atoms with Crippen LogP contribution >= 0.6 is 0 Å². The summed E-state index contributed by atoms with van der Waals surface area (Å²) in [5, 5.41) is 0. The highest BCUT2D eigenvalue weighted by Gasteiger charge is 2.13. The zero-order valence-corrected chi connectivity index (χ0v) is 26.2. The smallest absolute Gasteiger partial charge is 0.160 e. The number of aromatic nitrogens is 2. The van der Waals surface area contributed by atoms with Gasteiger partial charge in [0.1, 0.15) is 18.1 Å². The first kappa shape index (κ1) is 31.9. The number of benzene rings is 3. The van der Waals surface area contributed by atoms with Gasteiger partial charge in [0, 0.05) is 30.0 Å². The molecule has 0 N–H and O–H groups in total. The molecule has 0 amide bonds. The minimum atomic E-state index is -1.20. The number of imidazole rings is 1. The van der Waals surface area contributed by atoms with Gasteiger partial charge in [0.25, 0.3) is 0 Å². The number of ketones is 1. The van der Waals surface area contributed by atoms with Crippen LogP contribution < -0.4 is 9.47 Å². The first-order chi connectivity index (χ1) is 20.9. The van der Waals surface area contributed by atoms with Crippen LogP contribution in [0, 0.1) is 6.92 Å². The molecule has 1 heterocycles. The molecule has 3 aromatic carbocycles. The fourth-order valence-electron chi connectivity index (χ4n) is 4.63. The number of carbonyl (C=O) groups excluding carboxylic acids is 1. The van der Waals surface area contributed by atoms with E-state index in [2.05, 4.69) is 11.9 Å². The molecule has 0 aliphatic rings. The second-order valence-electron chi connectivity index (χ2n) is 10.1. The Labute approximate surface area is 257 Å². The first-order valence-electron chi connectivity index (χ1n) is 14.6. The molecule has 0 unspecified atom stereocenters. The van der Waals surface area contributed by atoms with E-state index in [0.717, 1.165) is 63.9 Å². The molecular weight excluding hydrogens is 560 g/mol. The van der Waals surface area contributed by atoms with Crippen molar-refractivity contribution in [3.05, 3.63) is 102 Å². The summed E-state index contributed by atoms with van der Waals surface area (Å²) in [5.41, 5.74) is 5.61. The van der Waals surface area contributed by atoms with E-state index in [4.69, 9.17) is 14.2 Å². The lowest BCUT2D eigenvalue weighted by Crippen LogP contribution is -2.06. The van der Waals surface area contributed by atoms with E-state index in [0.29, 0.717) is 24.7 Å². The van der Waals surface area contributed by atoms with Gasteiger partial charge in [-0.2, -0.15) is 0 Å². The van der Waals surface area contributed by atoms with E-state index in [-0.39, 0.29) is 12.2 Å². The number of hydrogen-bond acceptors (Lipinski definition) is 6. The van der Waals surface area contributed by atoms with Crippen LogP contribution in [0.5, 0.6) is 11.5 Å². The molecule has 1 aromatic heterocycles. The van der Waals surface area contributed by atoms with Gasteiger partial charge in [0.2, 0.25) is 0 Å². The predicted octanol–water partition coefficient (Wildman–Crippen LogP) is 6.83. The van der Waals surface area contributed by atoms with Crippen LogP contribution in [0.15, 0.2) is 84.0 Å². The number of ether oxygens (including phenoxy) is 3. The molecule has 7 nitrogen and oxygen atoms in total. The Kier molecular flexibility index (Phi) is 11.9. The lowest BCUT2D eigenvalue weighted by Gasteiger charge is -2.10. The highest BCUT2D eigenvalue weighted by Crippen LogP contribution is 2.29. The molecule has 0 fully saturated rings. The fraction of sp³-hybridized carbons (Fsp3) is 0.314. The van der Waals surface area contributed by atoms with Gasteiger partial charge >= 0.3 is 0 Å². The Morgan fingerprint density at radius 3 is 2.40 bits per heavy atom. The van der Waals surface area contributed by atoms with Gasteiger partial charge in [-0.05, 0) is 85.5 Å². The fourth-order valence-corrected chi connectivity index (χ4v) is 5.86. The van der Waals surface area contributed by atoms with E-state index in [1.54, 1.807) is 25.6 Å². The third-order valence-corrected chi connectivity index (χ3v) is 8.37. The van der Waals surface area contributed by atoms with Gasteiger partial charge in [0.05, 0.1) is 48.0 Å². The normalized spacial score (nSPS) is 12.0. The minimum Gasteiger partial charge on any atom is -0.496 e. The number of hydrogen-bond donors (Lipinski definition) is 0. The molecular formula is C35H40N2O5S. The molecule has 8 heteroatoms. The summed E-state index contributed by atoms with van der Waals surface area (Å²) in [4.78, 5) is 17.9. The molecule has 0 bridgehead atoms. The van der Waals surface area contributed by atoms with Crippen LogP contribution in [0.4, 0.5) is 0 Å². The Morgan fingerprint density at radius 1 is 0.953 bits per heavy atom. The van der Waals surface area contributed by atoms with Gasteiger partial charge < -0.3 is 18.8 Å². The summed E-state index contributed by atoms with van der Waals surface area (Å²) in [6.07, 6.45) is 6.41. The highest BCUT2D eigenvalue weighted by molar-refractivity contribution is 7.84. The SMILES string of the molecule is CCCOCCOc1ccc(-c2ccc(OC)c(/C=C/C(=O)Cc3ccc([S@](=O)Cc4c(C)ncn4CC)cc3)c2)cc1. The zero-order chi connectivity index (χ0) is 30.6. The summed E-state index contributed by atoms with van der Waals surface area (Å²) in [7, 11) is 0.422. The third kappa shape index (κ3) is 8.99. The standard InChI is InChI=1S/C35H40N2O5S/c1-5-19-41-20-21-42-32-14-10-28(11-15-32)29-12-18-35(40-4)30(23-29)9-13-31(38)22-27-7-16-33(17-8-27)43(39)24-34-26(3)36-25-37(34)6-2/h7-18,23,25H,5-6,19-22,24H2,1-4H3/b13-9+/t43-/m1/s1. The molecule has 0 radical (unpaired) electrons. The number of carbonyl (C=O) groups is 1. The van der Waals surface area contributed by atoms with Crippen molar-refractivity contribution in [2.75, 3.05) is 26.9 Å². The zero-order valence-electron chi connectivity index (χ0n) is 25.4. The van der Waals surface area contributed by atoms with E-state index in [1.165, 1.54) is 0 Å². The van der Waals surface area contributed by atoms with E-state index in [1.807, 2.05) is 85.1 Å². The lowest BCUT2D eigenvalue weighted by atomic mass is 10.0. The molecule has 226 valence electrons. The van der Waals surface area contributed by atoms with Crippen LogP contribution in [0.25, 0.3) is 17.2 Å². The molecule has 4 aromatic rings. The number of methoxy groups -OCH3 is 1. The lowest BCUT2D eigenvalue weighted by molar-refractivity contribution is -0.113. The minimum absolute atomic E-state index is 0.0341. The monoisotopic (exact) mass is 600 g/mol. The van der Waals surface area contributed by atoms with Gasteiger partial charge in [0.15, 0.2) is 5.78 Å². The van der Waals surface area contributed by atoms with Crippen molar-refractivity contribution in [1.29, 1.82) is 0 Å². The number of nitrogens with zero attached hydrogens (tertiary/aromatic N) is 2. The van der Waals surface area contributed by atoms with Crippen LogP contribution in [-0.2, 0) is 39.0 Å². The average molecular weight is 601 g/mol. The van der Waals surface area contributed by atoms with Gasteiger partial charge in [-0.25, -0.2) is 4.98 Å². The molecule has 0 saturated heterocycles. The van der Waals surface area contributed by atoms with E-state index >= 15 is 0 Å². The first-order valence-corrected chi connectivity index (χ1v) is 15.9. The maximum atomic E-state index is 13.0. The Hall–Kier alpha value is -4.01. The predicted molar refractivity (Wildman–Crippen MR) is 172 cm³/mol. The summed E-state index contributed by atoms with van der Waals surface area (Å²) in [5.74, 6) is 1.86. The largest absolute Gasteiger partial charge is 0.496 e. The van der Waals surface area contributed by atoms with Crippen molar-refractivity contribution in [3.63, 3.8) is 0 Å². The van der Waals surface area contributed by atoms with Crippen molar-refractivity contribution < 1.29 is 23.2 Å². The van der Waals surface area contributed by atoms with Crippen molar-refractivity contribution in [2.24, 2.45) is 0 Å². The van der Waals surface area contributed by atoms with Gasteiger partial charge in [-0.15, -0.1) is 0 Å². The van der Waals surface area contributed by atoms with Crippen LogP contribution in [0.2, 0.25) is 0 Å². The van der Waals surface area contributed by atoms with Crippen molar-refractivity contribution in [1.82, 2.24) is 9.55 Å². The average Bonchev–Trinajstić information content (AvgIpc) is 3.38. The Balaban J connectivity index is 1.36. The molecule has 0 aliphatic carbocycles. The summed E-state index contributed by atoms with van der Waals surface area (Å²) in [6, 6.07) is 21.2. The molecule has 0 aliphatic heterocycles. The van der Waals surface area contributed by atoms with Gasteiger partial charge in [-0.3, -0.25) is 9.00 Å². The van der Waals surface area contributed by atoms with E-state index < -0.39 is 10.8 Å². The maximum absolute atomic E-state index is 13.0. The number of allylic oxidation sites excluding steroid dienone is 1. The molecule has 1 atom stereocenters. The van der Waals surface area contributed by atoms with Crippen molar-refractivity contribution >= 4 is 22.7 Å². The summed E-state index contributed by atoms with van der Waals surface area (Å²) < 4.78 is 31.8. The molecule has 43 heavy (non-hydrogen) atoms. The molecule has 0 spiro atoms. The van der Waals surface area contributed by atoms with Crippen LogP contribution in [0.1, 0.15) is 42.8 Å².